The highest BCUT2D eigenvalue weighted by Crippen LogP contribution is 2.26. The van der Waals surface area contributed by atoms with Crippen molar-refractivity contribution in [1.82, 2.24) is 9.78 Å². The van der Waals surface area contributed by atoms with E-state index in [4.69, 9.17) is 16.7 Å². The van der Waals surface area contributed by atoms with E-state index in [1.807, 2.05) is 48.7 Å². The first-order valence-corrected chi connectivity index (χ1v) is 10.5. The Labute approximate surface area is 195 Å². The third-order valence-corrected chi connectivity index (χ3v) is 5.09. The zero-order valence-electron chi connectivity index (χ0n) is 17.7. The molecule has 4 rings (SSSR count). The summed E-state index contributed by atoms with van der Waals surface area (Å²) in [5.74, 6) is -1.30. The van der Waals surface area contributed by atoms with Crippen LogP contribution in [-0.4, -0.2) is 21.6 Å². The topological polar surface area (TPSA) is 76.0 Å². The second-order valence-corrected chi connectivity index (χ2v) is 7.83. The molecule has 3 aromatic carbocycles. The van der Waals surface area contributed by atoms with E-state index >= 15 is 0 Å². The lowest BCUT2D eigenvalue weighted by molar-refractivity contribution is -0.115. The monoisotopic (exact) mass is 462 g/mol. The van der Waals surface area contributed by atoms with Crippen LogP contribution in [0.15, 0.2) is 79.0 Å². The van der Waals surface area contributed by atoms with Gasteiger partial charge in [0.15, 0.2) is 0 Å². The molecule has 2 amide bonds. The molecule has 1 heterocycles. The van der Waals surface area contributed by atoms with Gasteiger partial charge in [-0.05, 0) is 42.5 Å². The summed E-state index contributed by atoms with van der Waals surface area (Å²) in [6, 6.07) is 20.8. The van der Waals surface area contributed by atoms with Crippen molar-refractivity contribution >= 4 is 34.8 Å². The molecule has 1 aromatic heterocycles. The van der Waals surface area contributed by atoms with Gasteiger partial charge in [-0.2, -0.15) is 5.10 Å². The van der Waals surface area contributed by atoms with Crippen LogP contribution in [0, 0.1) is 5.82 Å². The molecule has 0 bridgehead atoms. The highest BCUT2D eigenvalue weighted by Gasteiger charge is 2.16. The van der Waals surface area contributed by atoms with Gasteiger partial charge in [0.25, 0.3) is 0 Å². The minimum atomic E-state index is -0.586. The van der Waals surface area contributed by atoms with Crippen molar-refractivity contribution in [3.05, 3.63) is 95.4 Å². The van der Waals surface area contributed by atoms with Gasteiger partial charge in [0.1, 0.15) is 5.82 Å². The number of hydrogen-bond acceptors (Lipinski definition) is 3. The largest absolute Gasteiger partial charge is 0.326 e. The van der Waals surface area contributed by atoms with E-state index in [-0.39, 0.29) is 18.0 Å². The number of halogens is 2. The van der Waals surface area contributed by atoms with E-state index in [2.05, 4.69) is 10.6 Å². The van der Waals surface area contributed by atoms with Gasteiger partial charge in [0.2, 0.25) is 11.8 Å². The lowest BCUT2D eigenvalue weighted by Crippen LogP contribution is -2.15. The highest BCUT2D eigenvalue weighted by atomic mass is 35.5. The Morgan fingerprint density at radius 3 is 2.42 bits per heavy atom. The highest BCUT2D eigenvalue weighted by molar-refractivity contribution is 6.30. The number of amides is 2. The molecule has 4 aromatic rings. The number of carbonyl (C=O) groups excluding carboxylic acids is 2. The van der Waals surface area contributed by atoms with Crippen molar-refractivity contribution in [2.45, 2.75) is 13.3 Å². The maximum absolute atomic E-state index is 13.9. The molecule has 0 aliphatic carbocycles. The van der Waals surface area contributed by atoms with Gasteiger partial charge in [-0.3, -0.25) is 9.59 Å². The summed E-state index contributed by atoms with van der Waals surface area (Å²) in [6.45, 7) is 1.29. The first-order chi connectivity index (χ1) is 15.9. The molecular formula is C25H20ClFN4O2. The fourth-order valence-electron chi connectivity index (χ4n) is 3.37. The second-order valence-electron chi connectivity index (χ2n) is 7.39. The zero-order valence-corrected chi connectivity index (χ0v) is 18.4. The van der Waals surface area contributed by atoms with Crippen molar-refractivity contribution in [3.8, 4) is 16.9 Å². The predicted octanol–water partition coefficient (Wildman–Crippen LogP) is 5.47. The number of benzene rings is 3. The summed E-state index contributed by atoms with van der Waals surface area (Å²) in [6.07, 6.45) is 1.85. The molecule has 2 N–H and O–H groups in total. The average molecular weight is 463 g/mol. The minimum Gasteiger partial charge on any atom is -0.326 e. The molecule has 0 radical (unpaired) electrons. The second kappa shape index (κ2) is 9.67. The van der Waals surface area contributed by atoms with Gasteiger partial charge in [-0.1, -0.05) is 41.9 Å². The number of aromatic nitrogens is 2. The summed E-state index contributed by atoms with van der Waals surface area (Å²) in [7, 11) is 0. The number of hydrogen-bond donors (Lipinski definition) is 2. The molecule has 166 valence electrons. The van der Waals surface area contributed by atoms with Gasteiger partial charge >= 0.3 is 0 Å². The molecule has 0 saturated carbocycles. The fraction of sp³-hybridized carbons (Fsp3) is 0.0800. The number of rotatable bonds is 6. The Kier molecular flexibility index (Phi) is 6.51. The van der Waals surface area contributed by atoms with Crippen LogP contribution in [0.5, 0.6) is 0 Å². The maximum atomic E-state index is 13.9. The van der Waals surface area contributed by atoms with Gasteiger partial charge in [0, 0.05) is 35.0 Å². The van der Waals surface area contributed by atoms with E-state index in [0.717, 1.165) is 11.3 Å². The zero-order chi connectivity index (χ0) is 23.4. The standard InChI is InChI=1S/C25H20ClFN4O2/c1-16(32)28-23-14-20(11-12-22(23)27)29-24(33)13-18-15-31(21-5-3-2-4-6-21)30-25(18)17-7-9-19(26)10-8-17/h2-12,14-15H,13H2,1H3,(H,28,32)(H,29,33). The van der Waals surface area contributed by atoms with Gasteiger partial charge in [0.05, 0.1) is 23.5 Å². The molecule has 0 saturated heterocycles. The van der Waals surface area contributed by atoms with E-state index in [1.165, 1.54) is 25.1 Å². The van der Waals surface area contributed by atoms with Crippen LogP contribution in [0.4, 0.5) is 15.8 Å². The van der Waals surface area contributed by atoms with Gasteiger partial charge < -0.3 is 10.6 Å². The Bertz CT molecular complexity index is 1300. The molecule has 0 aliphatic rings. The normalized spacial score (nSPS) is 10.6. The van der Waals surface area contributed by atoms with Crippen molar-refractivity contribution in [2.75, 3.05) is 10.6 Å². The first kappa shape index (κ1) is 22.2. The molecule has 0 unspecified atom stereocenters. The van der Waals surface area contributed by atoms with Crippen molar-refractivity contribution in [3.63, 3.8) is 0 Å². The van der Waals surface area contributed by atoms with Crippen molar-refractivity contribution in [2.24, 2.45) is 0 Å². The molecule has 8 heteroatoms. The van der Waals surface area contributed by atoms with Gasteiger partial charge in [-0.15, -0.1) is 0 Å². The van der Waals surface area contributed by atoms with E-state index in [9.17, 15) is 14.0 Å². The van der Waals surface area contributed by atoms with Crippen LogP contribution >= 0.6 is 11.6 Å². The predicted molar refractivity (Wildman–Crippen MR) is 127 cm³/mol. The molecule has 33 heavy (non-hydrogen) atoms. The molecule has 0 fully saturated rings. The van der Waals surface area contributed by atoms with Crippen LogP contribution in [0.25, 0.3) is 16.9 Å². The SMILES string of the molecule is CC(=O)Nc1cc(NC(=O)Cc2cn(-c3ccccc3)nc2-c2ccc(Cl)cc2)ccc1F. The summed E-state index contributed by atoms with van der Waals surface area (Å²) >= 11 is 6.03. The third kappa shape index (κ3) is 5.45. The van der Waals surface area contributed by atoms with Gasteiger partial charge in [-0.25, -0.2) is 9.07 Å². The van der Waals surface area contributed by atoms with Crippen molar-refractivity contribution < 1.29 is 14.0 Å². The lowest BCUT2D eigenvalue weighted by atomic mass is 10.1. The summed E-state index contributed by atoms with van der Waals surface area (Å²) in [5.41, 5.74) is 3.42. The Morgan fingerprint density at radius 1 is 1.00 bits per heavy atom. The number of nitrogens with zero attached hydrogens (tertiary/aromatic N) is 2. The van der Waals surface area contributed by atoms with Crippen LogP contribution in [0.2, 0.25) is 5.02 Å². The van der Waals surface area contributed by atoms with E-state index < -0.39 is 11.7 Å². The Hall–Kier alpha value is -3.97. The maximum Gasteiger partial charge on any atom is 0.228 e. The first-order valence-electron chi connectivity index (χ1n) is 10.2. The average Bonchev–Trinajstić information content (AvgIpc) is 3.20. The third-order valence-electron chi connectivity index (χ3n) is 4.84. The smallest absolute Gasteiger partial charge is 0.228 e. The molecule has 6 nitrogen and oxygen atoms in total. The Balaban J connectivity index is 1.61. The van der Waals surface area contributed by atoms with Crippen molar-refractivity contribution in [1.29, 1.82) is 0 Å². The summed E-state index contributed by atoms with van der Waals surface area (Å²) < 4.78 is 15.6. The fourth-order valence-corrected chi connectivity index (χ4v) is 3.50. The summed E-state index contributed by atoms with van der Waals surface area (Å²) in [5, 5.41) is 10.5. The number of nitrogens with one attached hydrogen (secondary N) is 2. The molecular weight excluding hydrogens is 443 g/mol. The van der Waals surface area contributed by atoms with Crippen LogP contribution in [-0.2, 0) is 16.0 Å². The van der Waals surface area contributed by atoms with E-state index in [0.29, 0.717) is 22.0 Å². The van der Waals surface area contributed by atoms with Crippen LogP contribution < -0.4 is 10.6 Å². The molecule has 0 spiro atoms. The molecule has 0 atom stereocenters. The van der Waals surface area contributed by atoms with E-state index in [1.54, 1.807) is 16.8 Å². The summed E-state index contributed by atoms with van der Waals surface area (Å²) in [4.78, 5) is 24.1. The Morgan fingerprint density at radius 2 is 1.73 bits per heavy atom. The quantitative estimate of drug-likeness (QED) is 0.399. The number of anilines is 2. The lowest BCUT2D eigenvalue weighted by Gasteiger charge is -2.09. The number of carbonyl (C=O) groups is 2. The molecule has 0 aliphatic heterocycles. The minimum absolute atomic E-state index is 0.000879. The van der Waals surface area contributed by atoms with Crippen LogP contribution in [0.3, 0.4) is 0 Å². The number of para-hydroxylation sites is 1. The van der Waals surface area contributed by atoms with Crippen LogP contribution in [0.1, 0.15) is 12.5 Å².